The van der Waals surface area contributed by atoms with Crippen LogP contribution < -0.4 is 11.1 Å². The van der Waals surface area contributed by atoms with Crippen molar-refractivity contribution in [3.63, 3.8) is 0 Å². The number of oxime groups is 1. The van der Waals surface area contributed by atoms with Crippen molar-refractivity contribution in [1.29, 1.82) is 0 Å². The lowest BCUT2D eigenvalue weighted by Gasteiger charge is -2.49. The second-order valence-electron chi connectivity index (χ2n) is 9.66. The fourth-order valence-electron chi connectivity index (χ4n) is 4.46. The molecule has 2 aliphatic heterocycles. The number of amides is 2. The van der Waals surface area contributed by atoms with Crippen LogP contribution >= 0.6 is 34.9 Å². The van der Waals surface area contributed by atoms with E-state index in [4.69, 9.17) is 15.1 Å². The van der Waals surface area contributed by atoms with E-state index in [1.807, 2.05) is 0 Å². The van der Waals surface area contributed by atoms with Crippen LogP contribution in [0.15, 0.2) is 55.8 Å². The lowest BCUT2D eigenvalue weighted by Crippen LogP contribution is -2.71. The highest BCUT2D eigenvalue weighted by molar-refractivity contribution is 8.01. The number of carbonyl (C=O) groups is 3. The second-order valence-corrected chi connectivity index (χ2v) is 12.6. The van der Waals surface area contributed by atoms with E-state index in [9.17, 15) is 29.7 Å². The summed E-state index contributed by atoms with van der Waals surface area (Å²) in [6.45, 7) is -0.250. The smallest absolute Gasteiger partial charge is 0.352 e. The number of aryl methyl sites for hydroxylation is 1. The van der Waals surface area contributed by atoms with Crippen LogP contribution in [0.2, 0.25) is 0 Å². The number of fused-ring (bicyclic) bond motifs is 1. The van der Waals surface area contributed by atoms with E-state index in [1.54, 1.807) is 7.05 Å². The van der Waals surface area contributed by atoms with Crippen molar-refractivity contribution in [2.24, 2.45) is 12.2 Å². The SMILES string of the molecule is Cn1nnnc1SCC1=C(C(=O)O)N2C(=O)[C@@H](NC(=O)/C(=N\OCc3cc(-c4ccc(O)c(O)c4)no3)c3csc(N)n3)[C@H]2SC1. The summed E-state index contributed by atoms with van der Waals surface area (Å²) in [6.07, 6.45) is 0. The standard InChI is InChI=1S/C25H22N10O8S3/c1-34-25(29-32-33-34)46-8-11-7-44-22-18(21(39)35(22)19(11)23(40)41)28-20(38)17(14-9-45-24(26)27-14)31-42-6-12-5-13(30-43-12)10-2-3-15(36)16(37)4-10/h2-5,9,18,22,36-37H,6-8H2,1H3,(H2,26,27)(H,28,38)(H,40,41)/b31-17-/t18-,22-/m1/s1. The van der Waals surface area contributed by atoms with Crippen LogP contribution in [0.1, 0.15) is 11.5 Å². The number of tetrazole rings is 1. The molecule has 5 heterocycles. The molecule has 6 rings (SSSR count). The van der Waals surface area contributed by atoms with Gasteiger partial charge in [-0.3, -0.25) is 14.5 Å². The number of carboxylic acids is 1. The lowest BCUT2D eigenvalue weighted by molar-refractivity contribution is -0.150. The topological polar surface area (TPSA) is 257 Å². The molecule has 21 heteroatoms. The van der Waals surface area contributed by atoms with Gasteiger partial charge in [-0.1, -0.05) is 22.1 Å². The number of phenols is 2. The molecule has 1 aromatic carbocycles. The number of nitrogen functional groups attached to an aromatic ring is 1. The zero-order valence-corrected chi connectivity index (χ0v) is 25.9. The van der Waals surface area contributed by atoms with Crippen LogP contribution in [0, 0.1) is 0 Å². The number of phenolic OH excluding ortho intramolecular Hbond substituents is 2. The molecule has 2 atom stereocenters. The first kappa shape index (κ1) is 30.9. The van der Waals surface area contributed by atoms with Gasteiger partial charge in [0.2, 0.25) is 5.16 Å². The van der Waals surface area contributed by atoms with Crippen molar-refractivity contribution in [2.75, 3.05) is 17.2 Å². The number of thioether (sulfide) groups is 2. The predicted molar refractivity (Wildman–Crippen MR) is 162 cm³/mol. The molecule has 0 aliphatic carbocycles. The van der Waals surface area contributed by atoms with Gasteiger partial charge in [-0.25, -0.2) is 14.5 Å². The molecule has 4 aromatic rings. The molecule has 0 bridgehead atoms. The van der Waals surface area contributed by atoms with Gasteiger partial charge < -0.3 is 35.7 Å². The summed E-state index contributed by atoms with van der Waals surface area (Å²) in [7, 11) is 1.66. The zero-order valence-electron chi connectivity index (χ0n) is 23.4. The van der Waals surface area contributed by atoms with Gasteiger partial charge in [0.25, 0.3) is 11.8 Å². The number of β-lactam (4-membered cyclic amide) rings is 1. The summed E-state index contributed by atoms with van der Waals surface area (Å²) in [6, 6.07) is 4.63. The van der Waals surface area contributed by atoms with E-state index in [0.29, 0.717) is 27.7 Å². The van der Waals surface area contributed by atoms with Crippen LogP contribution in [0.4, 0.5) is 5.13 Å². The normalized spacial score (nSPS) is 17.9. The molecular weight excluding hydrogens is 665 g/mol. The van der Waals surface area contributed by atoms with Gasteiger partial charge >= 0.3 is 5.97 Å². The van der Waals surface area contributed by atoms with E-state index in [2.05, 4.69) is 36.1 Å². The Morgan fingerprint density at radius 2 is 2.11 bits per heavy atom. The van der Waals surface area contributed by atoms with Crippen LogP contribution in [0.3, 0.4) is 0 Å². The van der Waals surface area contributed by atoms with E-state index in [1.165, 1.54) is 57.9 Å². The molecule has 6 N–H and O–H groups in total. The number of nitrogens with two attached hydrogens (primary N) is 1. The number of thiazole rings is 1. The molecule has 46 heavy (non-hydrogen) atoms. The molecular formula is C25H22N10O8S3. The monoisotopic (exact) mass is 686 g/mol. The van der Waals surface area contributed by atoms with Crippen molar-refractivity contribution >= 4 is 63.5 Å². The highest BCUT2D eigenvalue weighted by Gasteiger charge is 2.54. The Kier molecular flexibility index (Phi) is 8.51. The minimum atomic E-state index is -1.26. The predicted octanol–water partition coefficient (Wildman–Crippen LogP) is 0.767. The van der Waals surface area contributed by atoms with Gasteiger partial charge in [0, 0.05) is 35.6 Å². The Balaban J connectivity index is 1.14. The van der Waals surface area contributed by atoms with Crippen LogP contribution in [-0.4, -0.2) is 97.0 Å². The summed E-state index contributed by atoms with van der Waals surface area (Å²) < 4.78 is 6.70. The van der Waals surface area contributed by atoms with Crippen LogP contribution in [0.25, 0.3) is 11.3 Å². The van der Waals surface area contributed by atoms with Crippen molar-refractivity contribution in [1.82, 2.24) is 40.6 Å². The molecule has 2 aliphatic rings. The van der Waals surface area contributed by atoms with Crippen molar-refractivity contribution in [2.45, 2.75) is 23.2 Å². The minimum Gasteiger partial charge on any atom is -0.504 e. The van der Waals surface area contributed by atoms with E-state index < -0.39 is 29.2 Å². The molecule has 0 saturated carbocycles. The zero-order chi connectivity index (χ0) is 32.5. The van der Waals surface area contributed by atoms with Crippen molar-refractivity contribution < 1.29 is 39.1 Å². The molecule has 18 nitrogen and oxygen atoms in total. The second kappa shape index (κ2) is 12.7. The van der Waals surface area contributed by atoms with Gasteiger partial charge in [0.1, 0.15) is 28.5 Å². The Bertz CT molecular complexity index is 1900. The van der Waals surface area contributed by atoms with E-state index in [-0.39, 0.29) is 51.9 Å². The number of hydrogen-bond donors (Lipinski definition) is 5. The maximum atomic E-state index is 13.4. The number of aliphatic carboxylic acids is 1. The average Bonchev–Trinajstić information content (AvgIpc) is 3.79. The number of nitrogens with zero attached hydrogens (tertiary/aromatic N) is 8. The summed E-state index contributed by atoms with van der Waals surface area (Å²) in [5, 5.41) is 52.4. The first-order chi connectivity index (χ1) is 22.1. The Morgan fingerprint density at radius 1 is 1.28 bits per heavy atom. The van der Waals surface area contributed by atoms with Crippen molar-refractivity contribution in [3.05, 3.63) is 52.4 Å². The molecule has 0 unspecified atom stereocenters. The fraction of sp³-hybridized carbons (Fsp3) is 0.240. The molecule has 2 amide bonds. The first-order valence-electron chi connectivity index (χ1n) is 13.1. The Hall–Kier alpha value is -5.15. The molecule has 1 fully saturated rings. The van der Waals surface area contributed by atoms with Gasteiger partial charge in [-0.05, 0) is 34.2 Å². The number of aromatic hydroxyl groups is 2. The van der Waals surface area contributed by atoms with Gasteiger partial charge in [-0.15, -0.1) is 28.2 Å². The summed E-state index contributed by atoms with van der Waals surface area (Å²) in [5.74, 6) is -2.49. The van der Waals surface area contributed by atoms with Gasteiger partial charge in [0.15, 0.2) is 34.7 Å². The first-order valence-corrected chi connectivity index (χ1v) is 16.0. The van der Waals surface area contributed by atoms with E-state index >= 15 is 0 Å². The third-order valence-electron chi connectivity index (χ3n) is 6.67. The summed E-state index contributed by atoms with van der Waals surface area (Å²) in [5.41, 5.74) is 6.80. The van der Waals surface area contributed by atoms with Gasteiger partial charge in [0.05, 0.1) is 0 Å². The number of hydrogen-bond acceptors (Lipinski definition) is 17. The molecule has 0 spiro atoms. The minimum absolute atomic E-state index is 0.0986. The number of anilines is 1. The van der Waals surface area contributed by atoms with Crippen molar-refractivity contribution in [3.8, 4) is 22.8 Å². The third-order valence-corrected chi connectivity index (χ3v) is 9.78. The lowest BCUT2D eigenvalue weighted by atomic mass is 10.0. The molecule has 3 aromatic heterocycles. The fourth-order valence-corrected chi connectivity index (χ4v) is 7.34. The van der Waals surface area contributed by atoms with E-state index in [0.717, 1.165) is 16.2 Å². The highest BCUT2D eigenvalue weighted by Crippen LogP contribution is 2.41. The molecule has 1 saturated heterocycles. The largest absolute Gasteiger partial charge is 0.504 e. The molecule has 238 valence electrons. The third kappa shape index (κ3) is 6.06. The summed E-state index contributed by atoms with van der Waals surface area (Å²) >= 11 is 3.62. The highest BCUT2D eigenvalue weighted by atomic mass is 32.2. The quantitative estimate of drug-likeness (QED) is 0.0480. The average molecular weight is 687 g/mol. The summed E-state index contributed by atoms with van der Waals surface area (Å²) in [4.78, 5) is 49.5. The van der Waals surface area contributed by atoms with Gasteiger partial charge in [-0.2, -0.15) is 0 Å². The number of nitrogens with one attached hydrogen (secondary N) is 1. The van der Waals surface area contributed by atoms with Crippen LogP contribution in [0.5, 0.6) is 11.5 Å². The number of carboxylic acid groups (broad SMARTS) is 1. The number of rotatable bonds is 11. The number of benzene rings is 1. The number of aromatic nitrogens is 6. The number of carbonyl (C=O) groups excluding carboxylic acids is 2. The molecule has 0 radical (unpaired) electrons. The maximum Gasteiger partial charge on any atom is 0.352 e. The Morgan fingerprint density at radius 3 is 2.80 bits per heavy atom. The Labute approximate surface area is 270 Å². The maximum absolute atomic E-state index is 13.4. The van der Waals surface area contributed by atoms with Crippen LogP contribution in [-0.2, 0) is 32.9 Å².